The number of ether oxygens (including phenoxy) is 1. The quantitative estimate of drug-likeness (QED) is 0.185. The third kappa shape index (κ3) is 7.49. The van der Waals surface area contributed by atoms with Crippen LogP contribution in [0.15, 0.2) is 73.1 Å². The number of allylic oxidation sites excluding steroid dienone is 1. The highest BCUT2D eigenvalue weighted by Crippen LogP contribution is 2.46. The third-order valence-electron chi connectivity index (χ3n) is 11.0. The molecule has 15 heteroatoms. The number of nitrogens with zero attached hydrogens (tertiary/aromatic N) is 4. The van der Waals surface area contributed by atoms with Gasteiger partial charge in [-0.1, -0.05) is 61.4 Å². The highest BCUT2D eigenvalue weighted by atomic mass is 32.2. The second-order valence-electron chi connectivity index (χ2n) is 15.0. The van der Waals surface area contributed by atoms with Crippen molar-refractivity contribution < 1.29 is 32.3 Å². The number of carbonyl (C=O) groups excluding carboxylic acids is 4. The molecule has 2 aliphatic carbocycles. The summed E-state index contributed by atoms with van der Waals surface area (Å²) in [5.74, 6) is -2.52. The van der Waals surface area contributed by atoms with Crippen molar-refractivity contribution in [1.29, 1.82) is 0 Å². The van der Waals surface area contributed by atoms with Crippen LogP contribution in [0.5, 0.6) is 5.88 Å². The van der Waals surface area contributed by atoms with Crippen LogP contribution in [-0.4, -0.2) is 87.4 Å². The highest BCUT2D eigenvalue weighted by molar-refractivity contribution is 7.91. The highest BCUT2D eigenvalue weighted by Gasteiger charge is 2.62. The molecule has 4 aliphatic rings. The van der Waals surface area contributed by atoms with Gasteiger partial charge in [-0.15, -0.1) is 0 Å². The van der Waals surface area contributed by atoms with E-state index in [0.717, 1.165) is 34.5 Å². The van der Waals surface area contributed by atoms with Gasteiger partial charge in [0.25, 0.3) is 11.8 Å². The predicted octanol–water partition coefficient (Wildman–Crippen LogP) is 3.64. The molecule has 4 aromatic rings. The summed E-state index contributed by atoms with van der Waals surface area (Å²) in [6.07, 6.45) is 10.4. The van der Waals surface area contributed by atoms with Gasteiger partial charge in [0.05, 0.1) is 29.2 Å². The topological polar surface area (TPSA) is 190 Å². The third-order valence-corrected chi connectivity index (χ3v) is 12.8. The normalized spacial score (nSPS) is 26.5. The fourth-order valence-corrected chi connectivity index (χ4v) is 9.07. The minimum Gasteiger partial charge on any atom is -0.472 e. The lowest BCUT2D eigenvalue weighted by Crippen LogP contribution is -2.58. The smallest absolute Gasteiger partial charge is 0.272 e. The molecule has 0 spiro atoms. The zero-order valence-electron chi connectivity index (χ0n) is 30.4. The molecule has 5 atom stereocenters. The average molecular weight is 766 g/mol. The molecule has 286 valence electrons. The van der Waals surface area contributed by atoms with Crippen LogP contribution < -0.4 is 20.1 Å². The van der Waals surface area contributed by atoms with Gasteiger partial charge in [0, 0.05) is 29.3 Å². The van der Waals surface area contributed by atoms with Gasteiger partial charge in [0.2, 0.25) is 27.7 Å². The first-order valence-corrected chi connectivity index (χ1v) is 20.5. The Bertz CT molecular complexity index is 2310. The van der Waals surface area contributed by atoms with Crippen LogP contribution in [0.1, 0.15) is 74.0 Å². The van der Waals surface area contributed by atoms with Gasteiger partial charge >= 0.3 is 0 Å². The molecule has 0 radical (unpaired) electrons. The molecule has 5 unspecified atom stereocenters. The minimum absolute atomic E-state index is 0.00491. The summed E-state index contributed by atoms with van der Waals surface area (Å²) >= 11 is 0. The summed E-state index contributed by atoms with van der Waals surface area (Å²) in [6.45, 7) is 1.75. The molecular weight excluding hydrogens is 723 g/mol. The van der Waals surface area contributed by atoms with Gasteiger partial charge in [-0.3, -0.25) is 28.9 Å². The van der Waals surface area contributed by atoms with Gasteiger partial charge in [0.1, 0.15) is 29.4 Å². The number of fused-ring (bicyclic) bond motifs is 5. The van der Waals surface area contributed by atoms with Gasteiger partial charge in [-0.2, -0.15) is 0 Å². The molecule has 3 N–H and O–H groups in total. The number of aryl methyl sites for hydroxylation is 1. The van der Waals surface area contributed by atoms with Crippen molar-refractivity contribution in [2.24, 2.45) is 5.92 Å². The molecular formula is C40H43N7O7S. The largest absolute Gasteiger partial charge is 0.472 e. The Labute approximate surface area is 318 Å². The first-order chi connectivity index (χ1) is 26.5. The first kappa shape index (κ1) is 36.5. The van der Waals surface area contributed by atoms with E-state index in [1.54, 1.807) is 6.92 Å². The number of pyridine rings is 1. The Balaban J connectivity index is 1.12. The van der Waals surface area contributed by atoms with E-state index >= 15 is 0 Å². The summed E-state index contributed by atoms with van der Waals surface area (Å²) in [5, 5.41) is 7.79. The molecule has 3 fully saturated rings. The lowest BCUT2D eigenvalue weighted by molar-refractivity contribution is -0.141. The second-order valence-corrected chi connectivity index (χ2v) is 17.0. The Hall–Kier alpha value is -5.44. The summed E-state index contributed by atoms with van der Waals surface area (Å²) < 4.78 is 34.6. The lowest BCUT2D eigenvalue weighted by atomic mass is 10.0. The second kappa shape index (κ2) is 14.7. The van der Waals surface area contributed by atoms with Crippen molar-refractivity contribution in [2.75, 3.05) is 6.54 Å². The minimum atomic E-state index is -3.89. The zero-order chi connectivity index (χ0) is 38.3. The number of hydrogen-bond donors (Lipinski definition) is 3. The number of rotatable bonds is 7. The Morgan fingerprint density at radius 1 is 0.945 bits per heavy atom. The summed E-state index contributed by atoms with van der Waals surface area (Å²) in [6, 6.07) is 13.3. The molecule has 2 aromatic carbocycles. The molecule has 1 saturated heterocycles. The van der Waals surface area contributed by atoms with E-state index in [4.69, 9.17) is 9.72 Å². The van der Waals surface area contributed by atoms with Crippen LogP contribution in [-0.2, 0) is 24.4 Å². The SMILES string of the molecule is Cc1cnc(C(=O)NC2CCCCC/C=C\C3CC3(C(=O)NS(=O)(=O)C3CC3)NC(=O)C3CC(Oc4nc5ccccc5c5ccccc45)CN3C2=O)cn1. The number of benzene rings is 2. The van der Waals surface area contributed by atoms with Crippen molar-refractivity contribution in [3.05, 3.63) is 84.5 Å². The van der Waals surface area contributed by atoms with Gasteiger partial charge < -0.3 is 20.3 Å². The summed E-state index contributed by atoms with van der Waals surface area (Å²) in [7, 11) is -3.89. The first-order valence-electron chi connectivity index (χ1n) is 18.9. The van der Waals surface area contributed by atoms with E-state index < -0.39 is 68.5 Å². The fraction of sp³-hybridized carbons (Fsp3) is 0.425. The average Bonchev–Trinajstić information content (AvgIpc) is 4.11. The van der Waals surface area contributed by atoms with Crippen molar-refractivity contribution in [2.45, 2.75) is 93.7 Å². The van der Waals surface area contributed by atoms with Crippen molar-refractivity contribution in [1.82, 2.24) is 35.2 Å². The van der Waals surface area contributed by atoms with Gasteiger partial charge in [0.15, 0.2) is 0 Å². The van der Waals surface area contributed by atoms with E-state index in [1.807, 2.05) is 60.7 Å². The van der Waals surface area contributed by atoms with Crippen LogP contribution in [0.25, 0.3) is 21.7 Å². The number of amides is 4. The van der Waals surface area contributed by atoms with Gasteiger partial charge in [-0.05, 0) is 63.0 Å². The molecule has 14 nitrogen and oxygen atoms in total. The molecule has 0 bridgehead atoms. The van der Waals surface area contributed by atoms with Crippen LogP contribution in [0.3, 0.4) is 0 Å². The predicted molar refractivity (Wildman–Crippen MR) is 203 cm³/mol. The molecule has 2 aliphatic heterocycles. The Kier molecular flexibility index (Phi) is 9.74. The van der Waals surface area contributed by atoms with Gasteiger partial charge in [-0.25, -0.2) is 18.4 Å². The molecule has 8 rings (SSSR count). The number of nitrogens with one attached hydrogen (secondary N) is 3. The maximum absolute atomic E-state index is 14.6. The summed E-state index contributed by atoms with van der Waals surface area (Å²) in [5.41, 5.74) is -0.0889. The molecule has 2 aromatic heterocycles. The van der Waals surface area contributed by atoms with E-state index in [9.17, 15) is 27.6 Å². The Morgan fingerprint density at radius 2 is 1.71 bits per heavy atom. The van der Waals surface area contributed by atoms with Crippen molar-refractivity contribution in [3.8, 4) is 5.88 Å². The lowest BCUT2D eigenvalue weighted by Gasteiger charge is -2.29. The fourth-order valence-electron chi connectivity index (χ4n) is 7.71. The van der Waals surface area contributed by atoms with Crippen LogP contribution in [0.2, 0.25) is 0 Å². The number of sulfonamides is 1. The van der Waals surface area contributed by atoms with E-state index in [-0.39, 0.29) is 25.1 Å². The van der Waals surface area contributed by atoms with E-state index in [1.165, 1.54) is 17.3 Å². The van der Waals surface area contributed by atoms with E-state index in [0.29, 0.717) is 43.7 Å². The molecule has 4 amide bonds. The standard InChI is InChI=1S/C40H43N7O7S/c1-24-21-42-33(22-41-24)35(48)43-32-16-6-4-2-3-5-11-25-20-40(25,39(51)46-55(52,53)27-17-18-27)45-36(49)34-19-26(23-47(34)38(32)50)54-37-30-14-8-7-12-28(30)29-13-9-10-15-31(29)44-37/h5,7-15,21-22,25-27,32,34H,2-4,6,16-20,23H2,1H3,(H,43,48)(H,45,49)(H,46,51)/b11-5-. The maximum Gasteiger partial charge on any atom is 0.272 e. The number of aromatic nitrogens is 3. The number of carbonyl (C=O) groups is 4. The van der Waals surface area contributed by atoms with Crippen molar-refractivity contribution in [3.63, 3.8) is 0 Å². The molecule has 2 saturated carbocycles. The van der Waals surface area contributed by atoms with E-state index in [2.05, 4.69) is 25.3 Å². The Morgan fingerprint density at radius 3 is 2.47 bits per heavy atom. The van der Waals surface area contributed by atoms with Crippen LogP contribution in [0.4, 0.5) is 0 Å². The molecule has 55 heavy (non-hydrogen) atoms. The number of para-hydroxylation sites is 1. The number of hydrogen-bond acceptors (Lipinski definition) is 10. The maximum atomic E-state index is 14.6. The zero-order valence-corrected chi connectivity index (χ0v) is 31.3. The molecule has 4 heterocycles. The monoisotopic (exact) mass is 765 g/mol. The van der Waals surface area contributed by atoms with Crippen LogP contribution >= 0.6 is 0 Å². The van der Waals surface area contributed by atoms with Crippen molar-refractivity contribution >= 4 is 55.3 Å². The van der Waals surface area contributed by atoms with Crippen LogP contribution in [0, 0.1) is 12.8 Å². The summed E-state index contributed by atoms with van der Waals surface area (Å²) in [4.78, 5) is 70.9.